The maximum Gasteiger partial charge on any atom is 0.338 e. The second-order valence-electron chi connectivity index (χ2n) is 7.67. The van der Waals surface area contributed by atoms with Crippen LogP contribution >= 0.6 is 0 Å². The Balaban J connectivity index is 2.37. The summed E-state index contributed by atoms with van der Waals surface area (Å²) in [5.74, 6) is -0.0806. The average Bonchev–Trinajstić information content (AvgIpc) is 3.07. The van der Waals surface area contributed by atoms with Crippen LogP contribution in [0.25, 0.3) is 0 Å². The van der Waals surface area contributed by atoms with Gasteiger partial charge in [0.2, 0.25) is 0 Å². The molecule has 0 bridgehead atoms. The van der Waals surface area contributed by atoms with Crippen LogP contribution in [0.2, 0.25) is 0 Å². The predicted octanol–water partition coefficient (Wildman–Crippen LogP) is 4.85. The zero-order valence-corrected chi connectivity index (χ0v) is 16.6. The first kappa shape index (κ1) is 22.9. The van der Waals surface area contributed by atoms with Gasteiger partial charge in [0, 0.05) is 0 Å². The predicted molar refractivity (Wildman–Crippen MR) is 106 cm³/mol. The Morgan fingerprint density at radius 2 is 1.92 bits per heavy atom. The van der Waals surface area contributed by atoms with Gasteiger partial charge in [-0.05, 0) is 56.8 Å². The fraction of sp³-hybridized carbons (Fsp3) is 0.773. The van der Waals surface area contributed by atoms with Gasteiger partial charge in [0.1, 0.15) is 0 Å². The van der Waals surface area contributed by atoms with Gasteiger partial charge in [-0.1, -0.05) is 63.8 Å². The molecule has 0 heterocycles. The highest BCUT2D eigenvalue weighted by molar-refractivity contribution is 5.77. The molecule has 0 aromatic carbocycles. The lowest BCUT2D eigenvalue weighted by Gasteiger charge is -2.26. The number of aliphatic hydroxyl groups is 2. The van der Waals surface area contributed by atoms with E-state index in [9.17, 15) is 15.0 Å². The molecular formula is C22H38O4. The van der Waals surface area contributed by atoms with E-state index in [1.54, 1.807) is 6.92 Å². The first-order valence-corrected chi connectivity index (χ1v) is 10.4. The molecule has 0 saturated heterocycles. The molecule has 0 aromatic heterocycles. The molecule has 1 saturated carbocycles. The van der Waals surface area contributed by atoms with Crippen LogP contribution in [-0.2, 0) is 4.79 Å². The van der Waals surface area contributed by atoms with Crippen LogP contribution < -0.4 is 0 Å². The Morgan fingerprint density at radius 1 is 1.15 bits per heavy atom. The lowest BCUT2D eigenvalue weighted by atomic mass is 9.90. The van der Waals surface area contributed by atoms with E-state index in [2.05, 4.69) is 19.1 Å². The van der Waals surface area contributed by atoms with Crippen molar-refractivity contribution in [3.05, 3.63) is 24.3 Å². The van der Waals surface area contributed by atoms with Crippen LogP contribution in [-0.4, -0.2) is 33.0 Å². The number of unbranched alkanes of at least 4 members (excludes halogenated alkanes) is 4. The highest BCUT2D eigenvalue weighted by atomic mass is 16.4. The molecule has 2 unspecified atom stereocenters. The number of aliphatic hydroxyl groups excluding tert-OH is 1. The van der Waals surface area contributed by atoms with Crippen molar-refractivity contribution in [3.63, 3.8) is 0 Å². The van der Waals surface area contributed by atoms with Crippen LogP contribution in [0.3, 0.4) is 0 Å². The SMILES string of the molecule is CCCCCC/C=C/[C@H]1CCC[C@@H]1C/C=C\CC(O)C(O)(CC)C(=O)O. The van der Waals surface area contributed by atoms with Gasteiger partial charge >= 0.3 is 5.97 Å². The van der Waals surface area contributed by atoms with Crippen LogP contribution in [0, 0.1) is 11.8 Å². The fourth-order valence-electron chi connectivity index (χ4n) is 3.79. The fourth-order valence-corrected chi connectivity index (χ4v) is 3.79. The van der Waals surface area contributed by atoms with Crippen LogP contribution in [0.1, 0.15) is 84.5 Å². The van der Waals surface area contributed by atoms with Gasteiger partial charge in [-0.15, -0.1) is 0 Å². The van der Waals surface area contributed by atoms with Gasteiger partial charge in [-0.3, -0.25) is 0 Å². The van der Waals surface area contributed by atoms with Gasteiger partial charge < -0.3 is 15.3 Å². The van der Waals surface area contributed by atoms with E-state index in [0.717, 1.165) is 6.42 Å². The topological polar surface area (TPSA) is 77.8 Å². The molecule has 4 heteroatoms. The average molecular weight is 367 g/mol. The Morgan fingerprint density at radius 3 is 2.58 bits per heavy atom. The molecule has 0 amide bonds. The number of carboxylic acids is 1. The van der Waals surface area contributed by atoms with Crippen molar-refractivity contribution in [3.8, 4) is 0 Å². The van der Waals surface area contributed by atoms with Crippen molar-refractivity contribution in [1.82, 2.24) is 0 Å². The lowest BCUT2D eigenvalue weighted by molar-refractivity contribution is -0.171. The van der Waals surface area contributed by atoms with Crippen molar-refractivity contribution in [2.45, 2.75) is 96.2 Å². The molecule has 0 aliphatic heterocycles. The monoisotopic (exact) mass is 366 g/mol. The van der Waals surface area contributed by atoms with Crippen molar-refractivity contribution in [1.29, 1.82) is 0 Å². The molecule has 0 radical (unpaired) electrons. The van der Waals surface area contributed by atoms with Gasteiger partial charge in [0.15, 0.2) is 5.60 Å². The van der Waals surface area contributed by atoms with E-state index < -0.39 is 17.7 Å². The van der Waals surface area contributed by atoms with Crippen molar-refractivity contribution >= 4 is 5.97 Å². The number of hydrogen-bond acceptors (Lipinski definition) is 3. The van der Waals surface area contributed by atoms with E-state index >= 15 is 0 Å². The van der Waals surface area contributed by atoms with E-state index in [1.807, 2.05) is 12.2 Å². The second-order valence-corrected chi connectivity index (χ2v) is 7.67. The summed E-state index contributed by atoms with van der Waals surface area (Å²) in [5, 5.41) is 29.1. The van der Waals surface area contributed by atoms with Crippen LogP contribution in [0.4, 0.5) is 0 Å². The lowest BCUT2D eigenvalue weighted by Crippen LogP contribution is -2.48. The molecule has 26 heavy (non-hydrogen) atoms. The summed E-state index contributed by atoms with van der Waals surface area (Å²) >= 11 is 0. The smallest absolute Gasteiger partial charge is 0.338 e. The minimum atomic E-state index is -2.05. The normalized spacial score (nSPS) is 24.3. The summed E-state index contributed by atoms with van der Waals surface area (Å²) < 4.78 is 0. The highest BCUT2D eigenvalue weighted by Gasteiger charge is 2.41. The van der Waals surface area contributed by atoms with E-state index in [1.165, 1.54) is 51.4 Å². The van der Waals surface area contributed by atoms with Gasteiger partial charge in [0.25, 0.3) is 0 Å². The number of aliphatic carboxylic acids is 1. The van der Waals surface area contributed by atoms with E-state index in [0.29, 0.717) is 11.8 Å². The Labute approximate surface area is 159 Å². The van der Waals surface area contributed by atoms with Crippen LogP contribution in [0.15, 0.2) is 24.3 Å². The zero-order valence-electron chi connectivity index (χ0n) is 16.6. The third kappa shape index (κ3) is 7.24. The molecule has 4 atom stereocenters. The summed E-state index contributed by atoms with van der Waals surface area (Å²) in [5.41, 5.74) is -2.05. The second kappa shape index (κ2) is 12.3. The molecule has 0 spiro atoms. The van der Waals surface area contributed by atoms with Crippen molar-refractivity contribution < 1.29 is 20.1 Å². The summed E-state index contributed by atoms with van der Waals surface area (Å²) in [6, 6.07) is 0. The molecule has 1 fully saturated rings. The third-order valence-corrected chi connectivity index (χ3v) is 5.75. The largest absolute Gasteiger partial charge is 0.479 e. The van der Waals surface area contributed by atoms with E-state index in [-0.39, 0.29) is 12.8 Å². The molecule has 1 aliphatic carbocycles. The van der Waals surface area contributed by atoms with Gasteiger partial charge in [0.05, 0.1) is 6.10 Å². The minimum Gasteiger partial charge on any atom is -0.479 e. The number of rotatable bonds is 13. The number of carbonyl (C=O) groups is 1. The number of carboxylic acid groups (broad SMARTS) is 1. The Hall–Kier alpha value is -1.13. The third-order valence-electron chi connectivity index (χ3n) is 5.75. The molecule has 0 aromatic rings. The number of hydrogen-bond donors (Lipinski definition) is 3. The van der Waals surface area contributed by atoms with Crippen LogP contribution in [0.5, 0.6) is 0 Å². The molecule has 3 N–H and O–H groups in total. The molecule has 4 nitrogen and oxygen atoms in total. The maximum atomic E-state index is 11.1. The summed E-state index contributed by atoms with van der Waals surface area (Å²) in [6.07, 6.45) is 18.6. The minimum absolute atomic E-state index is 0.00884. The van der Waals surface area contributed by atoms with E-state index in [4.69, 9.17) is 5.11 Å². The molecular weight excluding hydrogens is 328 g/mol. The van der Waals surface area contributed by atoms with Crippen molar-refractivity contribution in [2.24, 2.45) is 11.8 Å². The molecule has 1 aliphatic rings. The molecule has 1 rings (SSSR count). The van der Waals surface area contributed by atoms with Gasteiger partial charge in [-0.25, -0.2) is 4.79 Å². The highest BCUT2D eigenvalue weighted by Crippen LogP contribution is 2.35. The number of allylic oxidation sites excluding steroid dienone is 3. The van der Waals surface area contributed by atoms with Gasteiger partial charge in [-0.2, -0.15) is 0 Å². The zero-order chi connectivity index (χ0) is 19.4. The quantitative estimate of drug-likeness (QED) is 0.321. The summed E-state index contributed by atoms with van der Waals surface area (Å²) in [7, 11) is 0. The first-order chi connectivity index (χ1) is 12.5. The first-order valence-electron chi connectivity index (χ1n) is 10.4. The van der Waals surface area contributed by atoms with Crippen molar-refractivity contribution in [2.75, 3.05) is 0 Å². The Kier molecular flexibility index (Phi) is 10.8. The molecule has 150 valence electrons. The maximum absolute atomic E-state index is 11.1. The summed E-state index contributed by atoms with van der Waals surface area (Å²) in [4.78, 5) is 11.1. The Bertz CT molecular complexity index is 457. The summed E-state index contributed by atoms with van der Waals surface area (Å²) in [6.45, 7) is 3.80. The standard InChI is InChI=1S/C22H38O4/c1-3-5-6-7-8-9-13-18-15-12-16-19(18)14-10-11-17-20(23)22(26,4-2)21(24)25/h9-11,13,18-20,23,26H,3-8,12,14-17H2,1-2H3,(H,24,25)/b11-10-,13-9+/t18-,19-,20?,22?/m0/s1.